The fraction of sp³-hybridized carbons (Fsp3) is 0.409. The highest BCUT2D eigenvalue weighted by Crippen LogP contribution is 2.32. The van der Waals surface area contributed by atoms with Gasteiger partial charge in [-0.05, 0) is 50.6 Å². The smallest absolute Gasteiger partial charge is 0.369 e. The van der Waals surface area contributed by atoms with E-state index in [4.69, 9.17) is 0 Å². The van der Waals surface area contributed by atoms with Gasteiger partial charge in [0.15, 0.2) is 0 Å². The van der Waals surface area contributed by atoms with Crippen molar-refractivity contribution in [3.63, 3.8) is 0 Å². The third-order valence-electron chi connectivity index (χ3n) is 5.42. The Bertz CT molecular complexity index is 874. The van der Waals surface area contributed by atoms with Crippen LogP contribution in [0.15, 0.2) is 42.5 Å². The summed E-state index contributed by atoms with van der Waals surface area (Å²) >= 11 is 0. The Labute approximate surface area is 169 Å². The maximum Gasteiger partial charge on any atom is 0.416 e. The maximum atomic E-state index is 13.0. The molecule has 0 aromatic heterocycles. The van der Waals surface area contributed by atoms with Crippen molar-refractivity contribution in [2.45, 2.75) is 33.0 Å². The van der Waals surface area contributed by atoms with Crippen LogP contribution < -0.4 is 10.2 Å². The molecule has 3 rings (SSSR count). The Morgan fingerprint density at radius 3 is 2.34 bits per heavy atom. The quantitative estimate of drug-likeness (QED) is 0.815. The van der Waals surface area contributed by atoms with Gasteiger partial charge in [0, 0.05) is 37.6 Å². The standard InChI is InChI=1S/C22H26F3N3O/c1-15-7-8-20(16(2)13-15)26-21(29)17(3)27-9-11-28(12-10-27)19-6-4-5-18(14-19)22(23,24)25/h4-8,13-14,17H,9-12H2,1-3H3,(H,26,29)/t17-/m0/s1. The van der Waals surface area contributed by atoms with Crippen LogP contribution in [-0.2, 0) is 11.0 Å². The minimum atomic E-state index is -4.35. The molecule has 29 heavy (non-hydrogen) atoms. The van der Waals surface area contributed by atoms with Gasteiger partial charge in [0.2, 0.25) is 5.91 Å². The Balaban J connectivity index is 1.59. The third-order valence-corrected chi connectivity index (χ3v) is 5.42. The topological polar surface area (TPSA) is 35.6 Å². The van der Waals surface area contributed by atoms with Gasteiger partial charge in [0.25, 0.3) is 0 Å². The van der Waals surface area contributed by atoms with E-state index in [2.05, 4.69) is 10.2 Å². The van der Waals surface area contributed by atoms with Gasteiger partial charge in [0.05, 0.1) is 11.6 Å². The van der Waals surface area contributed by atoms with Crippen LogP contribution in [-0.4, -0.2) is 43.0 Å². The minimum Gasteiger partial charge on any atom is -0.369 e. The molecule has 1 amide bonds. The molecule has 0 radical (unpaired) electrons. The predicted octanol–water partition coefficient (Wildman–Crippen LogP) is 4.47. The fourth-order valence-corrected chi connectivity index (χ4v) is 3.60. The van der Waals surface area contributed by atoms with Crippen molar-refractivity contribution in [1.82, 2.24) is 4.90 Å². The summed E-state index contributed by atoms with van der Waals surface area (Å²) in [6, 6.07) is 11.0. The summed E-state index contributed by atoms with van der Waals surface area (Å²) in [5.74, 6) is -0.0792. The molecule has 1 aliphatic heterocycles. The summed E-state index contributed by atoms with van der Waals surface area (Å²) in [6.07, 6.45) is -4.35. The minimum absolute atomic E-state index is 0.0792. The summed E-state index contributed by atoms with van der Waals surface area (Å²) in [6.45, 7) is 8.19. The highest BCUT2D eigenvalue weighted by atomic mass is 19.4. The Morgan fingerprint density at radius 1 is 1.03 bits per heavy atom. The average molecular weight is 405 g/mol. The molecular formula is C22H26F3N3O. The zero-order valence-corrected chi connectivity index (χ0v) is 16.9. The molecule has 0 saturated carbocycles. The highest BCUT2D eigenvalue weighted by molar-refractivity contribution is 5.95. The Morgan fingerprint density at radius 2 is 1.72 bits per heavy atom. The van der Waals surface area contributed by atoms with Crippen molar-refractivity contribution >= 4 is 17.3 Å². The molecule has 2 aromatic rings. The highest BCUT2D eigenvalue weighted by Gasteiger charge is 2.31. The van der Waals surface area contributed by atoms with Crippen LogP contribution in [0.25, 0.3) is 0 Å². The number of halogens is 3. The third kappa shape index (κ3) is 5.09. The number of alkyl halides is 3. The number of hydrogen-bond donors (Lipinski definition) is 1. The second-order valence-corrected chi connectivity index (χ2v) is 7.55. The first-order valence-electron chi connectivity index (χ1n) is 9.69. The summed E-state index contributed by atoms with van der Waals surface area (Å²) in [5, 5.41) is 2.98. The molecule has 1 saturated heterocycles. The molecule has 1 fully saturated rings. The van der Waals surface area contributed by atoms with Crippen molar-refractivity contribution in [3.8, 4) is 0 Å². The molecule has 1 N–H and O–H groups in total. The summed E-state index contributed by atoms with van der Waals surface area (Å²) in [4.78, 5) is 16.7. The van der Waals surface area contributed by atoms with E-state index in [0.29, 0.717) is 31.9 Å². The molecule has 7 heteroatoms. The lowest BCUT2D eigenvalue weighted by molar-refractivity contribution is -0.137. The van der Waals surface area contributed by atoms with Crippen LogP contribution in [0, 0.1) is 13.8 Å². The summed E-state index contributed by atoms with van der Waals surface area (Å²) in [5.41, 5.74) is 2.87. The first-order valence-corrected chi connectivity index (χ1v) is 9.69. The molecule has 0 bridgehead atoms. The predicted molar refractivity (Wildman–Crippen MR) is 109 cm³/mol. The van der Waals surface area contributed by atoms with Gasteiger partial charge in [-0.1, -0.05) is 23.8 Å². The Hall–Kier alpha value is -2.54. The van der Waals surface area contributed by atoms with Gasteiger partial charge < -0.3 is 10.2 Å². The molecule has 0 spiro atoms. The van der Waals surface area contributed by atoms with Gasteiger partial charge in [-0.15, -0.1) is 0 Å². The van der Waals surface area contributed by atoms with Gasteiger partial charge in [0.1, 0.15) is 0 Å². The number of rotatable bonds is 4. The summed E-state index contributed by atoms with van der Waals surface area (Å²) < 4.78 is 38.9. The second kappa shape index (κ2) is 8.45. The van der Waals surface area contributed by atoms with Crippen LogP contribution in [0.4, 0.5) is 24.5 Å². The van der Waals surface area contributed by atoms with Crippen LogP contribution in [0.3, 0.4) is 0 Å². The van der Waals surface area contributed by atoms with Crippen molar-refractivity contribution < 1.29 is 18.0 Å². The first-order chi connectivity index (χ1) is 13.6. The van der Waals surface area contributed by atoms with Crippen LogP contribution in [0.2, 0.25) is 0 Å². The van der Waals surface area contributed by atoms with Gasteiger partial charge in [-0.3, -0.25) is 9.69 Å². The van der Waals surface area contributed by atoms with E-state index in [1.807, 2.05) is 43.9 Å². The van der Waals surface area contributed by atoms with E-state index in [9.17, 15) is 18.0 Å². The van der Waals surface area contributed by atoms with Crippen molar-refractivity contribution in [1.29, 1.82) is 0 Å². The lowest BCUT2D eigenvalue weighted by Gasteiger charge is -2.38. The number of nitrogens with one attached hydrogen (secondary N) is 1. The van der Waals surface area contributed by atoms with Gasteiger partial charge in [-0.2, -0.15) is 13.2 Å². The van der Waals surface area contributed by atoms with E-state index in [1.165, 1.54) is 12.1 Å². The largest absolute Gasteiger partial charge is 0.416 e. The molecule has 2 aromatic carbocycles. The molecular weight excluding hydrogens is 379 g/mol. The zero-order valence-electron chi connectivity index (χ0n) is 16.9. The molecule has 1 heterocycles. The lowest BCUT2D eigenvalue weighted by Crippen LogP contribution is -2.52. The molecule has 1 atom stereocenters. The van der Waals surface area contributed by atoms with Crippen molar-refractivity contribution in [2.75, 3.05) is 36.4 Å². The molecule has 4 nitrogen and oxygen atoms in total. The van der Waals surface area contributed by atoms with E-state index >= 15 is 0 Å². The molecule has 0 aliphatic carbocycles. The van der Waals surface area contributed by atoms with Gasteiger partial charge in [-0.25, -0.2) is 0 Å². The number of piperazine rings is 1. The average Bonchev–Trinajstić information content (AvgIpc) is 2.69. The first kappa shape index (κ1) is 21.2. The van der Waals surface area contributed by atoms with Crippen molar-refractivity contribution in [3.05, 3.63) is 59.2 Å². The van der Waals surface area contributed by atoms with Crippen LogP contribution in [0.5, 0.6) is 0 Å². The second-order valence-electron chi connectivity index (χ2n) is 7.55. The molecule has 0 unspecified atom stereocenters. The van der Waals surface area contributed by atoms with E-state index < -0.39 is 11.7 Å². The fourth-order valence-electron chi connectivity index (χ4n) is 3.60. The van der Waals surface area contributed by atoms with E-state index in [0.717, 1.165) is 22.9 Å². The maximum absolute atomic E-state index is 13.0. The lowest BCUT2D eigenvalue weighted by atomic mass is 10.1. The van der Waals surface area contributed by atoms with E-state index in [1.54, 1.807) is 6.07 Å². The number of nitrogens with zero attached hydrogens (tertiary/aromatic N) is 2. The van der Waals surface area contributed by atoms with Crippen LogP contribution >= 0.6 is 0 Å². The normalized spacial score (nSPS) is 16.6. The Kier molecular flexibility index (Phi) is 6.17. The van der Waals surface area contributed by atoms with E-state index in [-0.39, 0.29) is 11.9 Å². The number of benzene rings is 2. The number of hydrogen-bond acceptors (Lipinski definition) is 3. The monoisotopic (exact) mass is 405 g/mol. The zero-order chi connectivity index (χ0) is 21.2. The molecule has 1 aliphatic rings. The summed E-state index contributed by atoms with van der Waals surface area (Å²) in [7, 11) is 0. The van der Waals surface area contributed by atoms with Crippen LogP contribution in [0.1, 0.15) is 23.6 Å². The number of carbonyl (C=O) groups excluding carboxylic acids is 1. The van der Waals surface area contributed by atoms with Gasteiger partial charge >= 0.3 is 6.18 Å². The number of carbonyl (C=O) groups is 1. The number of anilines is 2. The molecule has 156 valence electrons. The van der Waals surface area contributed by atoms with Crippen molar-refractivity contribution in [2.24, 2.45) is 0 Å². The SMILES string of the molecule is Cc1ccc(NC(=O)[C@H](C)N2CCN(c3cccc(C(F)(F)F)c3)CC2)c(C)c1. The number of aryl methyl sites for hydroxylation is 2. The number of amides is 1.